The minimum absolute atomic E-state index is 0.0180. The first kappa shape index (κ1) is 21.6. The predicted molar refractivity (Wildman–Crippen MR) is 107 cm³/mol. The molecule has 1 amide bonds. The molecule has 3 rings (SSSR count). The van der Waals surface area contributed by atoms with Gasteiger partial charge >= 0.3 is 5.97 Å². The van der Waals surface area contributed by atoms with E-state index in [4.69, 9.17) is 4.74 Å². The summed E-state index contributed by atoms with van der Waals surface area (Å²) >= 11 is 0. The lowest BCUT2D eigenvalue weighted by molar-refractivity contribution is -0.145. The predicted octanol–water partition coefficient (Wildman–Crippen LogP) is 3.22. The van der Waals surface area contributed by atoms with E-state index in [-0.39, 0.29) is 29.5 Å². The Labute approximate surface area is 171 Å². The second-order valence-corrected chi connectivity index (χ2v) is 8.33. The van der Waals surface area contributed by atoms with Crippen molar-refractivity contribution >= 4 is 11.9 Å². The number of benzene rings is 1. The Bertz CT molecular complexity index is 761. The second kappa shape index (κ2) is 9.11. The molecule has 2 N–H and O–H groups in total. The van der Waals surface area contributed by atoms with Crippen molar-refractivity contribution in [2.45, 2.75) is 65.1 Å². The van der Waals surface area contributed by atoms with Crippen LogP contribution in [0.1, 0.15) is 62.4 Å². The third kappa shape index (κ3) is 4.71. The van der Waals surface area contributed by atoms with Crippen LogP contribution in [0.25, 0.3) is 0 Å². The summed E-state index contributed by atoms with van der Waals surface area (Å²) in [5.74, 6) is -0.973. The van der Waals surface area contributed by atoms with Crippen LogP contribution in [0.5, 0.6) is 5.75 Å². The average molecular weight is 406 g/mol. The van der Waals surface area contributed by atoms with Crippen molar-refractivity contribution in [3.8, 4) is 5.75 Å². The number of hydrogen-bond donors (Lipinski definition) is 2. The van der Waals surface area contributed by atoms with E-state index in [1.54, 1.807) is 17.9 Å². The van der Waals surface area contributed by atoms with Gasteiger partial charge in [0, 0.05) is 19.1 Å². The first-order valence-corrected chi connectivity index (χ1v) is 10.5. The van der Waals surface area contributed by atoms with Crippen LogP contribution in [0, 0.1) is 17.7 Å². The summed E-state index contributed by atoms with van der Waals surface area (Å²) in [6.45, 7) is 7.13. The Morgan fingerprint density at radius 2 is 2.00 bits per heavy atom. The first-order valence-electron chi connectivity index (χ1n) is 10.5. The molecule has 1 aliphatic carbocycles. The lowest BCUT2D eigenvalue weighted by atomic mass is 9.78. The van der Waals surface area contributed by atoms with Crippen molar-refractivity contribution in [2.24, 2.45) is 11.8 Å². The van der Waals surface area contributed by atoms with Crippen LogP contribution in [0.15, 0.2) is 12.1 Å². The standard InChI is InChI=1S/C22H31FN2O4/c1-4-29-22(28)14(3)24-13(2)16-7-5-15(6-8-16)11-25-12-17-9-10-18(26)20(23)19(17)21(25)27/h9-10,13-16,24,26H,4-8,11-12H2,1-3H3/t13?,14-,15-,16-/m1/s1. The number of halogens is 1. The molecule has 0 spiro atoms. The highest BCUT2D eigenvalue weighted by Crippen LogP contribution is 2.35. The van der Waals surface area contributed by atoms with Crippen LogP contribution in [-0.2, 0) is 16.1 Å². The molecule has 1 aliphatic heterocycles. The molecule has 1 heterocycles. The van der Waals surface area contributed by atoms with Gasteiger partial charge in [0.2, 0.25) is 0 Å². The van der Waals surface area contributed by atoms with Crippen LogP contribution >= 0.6 is 0 Å². The van der Waals surface area contributed by atoms with Crippen LogP contribution < -0.4 is 5.32 Å². The Hall–Kier alpha value is -2.15. The summed E-state index contributed by atoms with van der Waals surface area (Å²) in [5, 5.41) is 12.9. The summed E-state index contributed by atoms with van der Waals surface area (Å²) < 4.78 is 19.2. The van der Waals surface area contributed by atoms with Gasteiger partial charge in [0.25, 0.3) is 5.91 Å². The van der Waals surface area contributed by atoms with Gasteiger partial charge in [0.1, 0.15) is 6.04 Å². The minimum atomic E-state index is -0.811. The van der Waals surface area contributed by atoms with Crippen molar-refractivity contribution < 1.29 is 23.8 Å². The maximum atomic E-state index is 14.1. The van der Waals surface area contributed by atoms with Gasteiger partial charge in [-0.1, -0.05) is 6.07 Å². The number of esters is 1. The summed E-state index contributed by atoms with van der Waals surface area (Å²) in [5.41, 5.74) is 0.661. The smallest absolute Gasteiger partial charge is 0.322 e. The van der Waals surface area contributed by atoms with E-state index in [1.807, 2.05) is 6.92 Å². The third-order valence-corrected chi connectivity index (χ3v) is 6.30. The molecular formula is C22H31FN2O4. The Morgan fingerprint density at radius 1 is 1.31 bits per heavy atom. The normalized spacial score (nSPS) is 23.6. The zero-order valence-electron chi connectivity index (χ0n) is 17.4. The maximum absolute atomic E-state index is 14.1. The van der Waals surface area contributed by atoms with E-state index in [0.717, 1.165) is 25.7 Å². The first-order chi connectivity index (χ1) is 13.8. The van der Waals surface area contributed by atoms with Crippen LogP contribution in [-0.4, -0.2) is 47.1 Å². The van der Waals surface area contributed by atoms with E-state index in [2.05, 4.69) is 12.2 Å². The van der Waals surface area contributed by atoms with Crippen molar-refractivity contribution in [3.63, 3.8) is 0 Å². The summed E-state index contributed by atoms with van der Waals surface area (Å²) in [4.78, 5) is 26.1. The summed E-state index contributed by atoms with van der Waals surface area (Å²) in [6.07, 6.45) is 4.05. The molecule has 1 saturated carbocycles. The van der Waals surface area contributed by atoms with Gasteiger partial charge in [-0.2, -0.15) is 0 Å². The highest BCUT2D eigenvalue weighted by molar-refractivity contribution is 5.99. The number of rotatable bonds is 7. The van der Waals surface area contributed by atoms with Crippen LogP contribution in [0.4, 0.5) is 4.39 Å². The van der Waals surface area contributed by atoms with Crippen molar-refractivity contribution in [2.75, 3.05) is 13.2 Å². The summed E-state index contributed by atoms with van der Waals surface area (Å²) in [6, 6.07) is 2.82. The van der Waals surface area contributed by atoms with Crippen LogP contribution in [0.3, 0.4) is 0 Å². The fraction of sp³-hybridized carbons (Fsp3) is 0.636. The van der Waals surface area contributed by atoms with Crippen molar-refractivity contribution in [1.82, 2.24) is 10.2 Å². The quantitative estimate of drug-likeness (QED) is 0.680. The second-order valence-electron chi connectivity index (χ2n) is 8.33. The SMILES string of the molecule is CCOC(=O)[C@@H](C)NC(C)[C@H]1CC[C@H](CN2Cc3ccc(O)c(F)c3C2=O)CC1. The van der Waals surface area contributed by atoms with Gasteiger partial charge in [0.15, 0.2) is 11.6 Å². The van der Waals surface area contributed by atoms with Gasteiger partial charge in [-0.25, -0.2) is 4.39 Å². The minimum Gasteiger partial charge on any atom is -0.505 e. The molecule has 1 unspecified atom stereocenters. The van der Waals surface area contributed by atoms with Gasteiger partial charge < -0.3 is 20.1 Å². The average Bonchev–Trinajstić information content (AvgIpc) is 3.01. The number of ether oxygens (including phenoxy) is 1. The Morgan fingerprint density at radius 3 is 2.66 bits per heavy atom. The number of nitrogens with one attached hydrogen (secondary N) is 1. The molecule has 1 aromatic carbocycles. The number of nitrogens with zero attached hydrogens (tertiary/aromatic N) is 1. The highest BCUT2D eigenvalue weighted by atomic mass is 19.1. The molecular weight excluding hydrogens is 375 g/mol. The molecule has 0 saturated heterocycles. The lowest BCUT2D eigenvalue weighted by Crippen LogP contribution is -2.45. The van der Waals surface area contributed by atoms with E-state index in [9.17, 15) is 19.1 Å². The maximum Gasteiger partial charge on any atom is 0.322 e. The molecule has 6 nitrogen and oxygen atoms in total. The number of carbonyl (C=O) groups excluding carboxylic acids is 2. The topological polar surface area (TPSA) is 78.9 Å². The number of phenolic OH excluding ortho intramolecular Hbond substituents is 1. The fourth-order valence-electron chi connectivity index (χ4n) is 4.60. The largest absolute Gasteiger partial charge is 0.505 e. The van der Waals surface area contributed by atoms with E-state index in [0.29, 0.717) is 37.1 Å². The van der Waals surface area contributed by atoms with E-state index >= 15 is 0 Å². The lowest BCUT2D eigenvalue weighted by Gasteiger charge is -2.35. The number of hydrogen-bond acceptors (Lipinski definition) is 5. The zero-order valence-corrected chi connectivity index (χ0v) is 17.4. The molecule has 0 aromatic heterocycles. The van der Waals surface area contributed by atoms with Crippen molar-refractivity contribution in [3.05, 3.63) is 29.1 Å². The number of amides is 1. The van der Waals surface area contributed by atoms with Gasteiger partial charge in [-0.05, 0) is 69.9 Å². The molecule has 0 bridgehead atoms. The molecule has 2 aliphatic rings. The fourth-order valence-corrected chi connectivity index (χ4v) is 4.60. The molecule has 1 fully saturated rings. The number of carbonyl (C=O) groups is 2. The van der Waals surface area contributed by atoms with Gasteiger partial charge in [0.05, 0.1) is 12.2 Å². The van der Waals surface area contributed by atoms with E-state index in [1.165, 1.54) is 6.07 Å². The molecule has 1 aromatic rings. The van der Waals surface area contributed by atoms with Gasteiger partial charge in [-0.15, -0.1) is 0 Å². The molecule has 0 radical (unpaired) electrons. The third-order valence-electron chi connectivity index (χ3n) is 6.30. The monoisotopic (exact) mass is 406 g/mol. The Balaban J connectivity index is 1.49. The van der Waals surface area contributed by atoms with Crippen LogP contribution in [0.2, 0.25) is 0 Å². The number of fused-ring (bicyclic) bond motifs is 1. The van der Waals surface area contributed by atoms with Crippen molar-refractivity contribution in [1.29, 1.82) is 0 Å². The molecule has 160 valence electrons. The highest BCUT2D eigenvalue weighted by Gasteiger charge is 2.34. The molecule has 7 heteroatoms. The number of aromatic hydroxyl groups is 1. The zero-order chi connectivity index (χ0) is 21.1. The van der Waals surface area contributed by atoms with E-state index < -0.39 is 11.6 Å². The molecule has 2 atom stereocenters. The summed E-state index contributed by atoms with van der Waals surface area (Å²) in [7, 11) is 0. The molecule has 29 heavy (non-hydrogen) atoms. The Kier molecular flexibility index (Phi) is 6.77. The van der Waals surface area contributed by atoms with Gasteiger partial charge in [-0.3, -0.25) is 9.59 Å². The number of phenols is 1.